The van der Waals surface area contributed by atoms with Crippen molar-refractivity contribution in [3.05, 3.63) is 0 Å². The Balaban J connectivity index is 2.13. The Morgan fingerprint density at radius 3 is 2.50 bits per heavy atom. The average Bonchev–Trinajstić information content (AvgIpc) is 2.35. The zero-order valence-electron chi connectivity index (χ0n) is 8.40. The van der Waals surface area contributed by atoms with Crippen LogP contribution >= 0.6 is 0 Å². The van der Waals surface area contributed by atoms with Crippen LogP contribution < -0.4 is 11.1 Å². The molecule has 72 valence electrons. The maximum Gasteiger partial charge on any atom is 0.0136 e. The molecule has 0 radical (unpaired) electrons. The Morgan fingerprint density at radius 1 is 1.42 bits per heavy atom. The Kier molecular flexibility index (Phi) is 3.53. The molecule has 0 aromatic heterocycles. The second-order valence-electron chi connectivity index (χ2n) is 4.63. The number of hydrogen-bond acceptors (Lipinski definition) is 2. The number of nitrogens with one attached hydrogen (secondary N) is 1. The first kappa shape index (κ1) is 10.0. The minimum absolute atomic E-state index is 0.287. The lowest BCUT2D eigenvalue weighted by atomic mass is 9.89. The van der Waals surface area contributed by atoms with Crippen LogP contribution in [0.15, 0.2) is 0 Å². The highest BCUT2D eigenvalue weighted by Gasteiger charge is 2.27. The second-order valence-corrected chi connectivity index (χ2v) is 4.63. The molecule has 3 N–H and O–H groups in total. The Labute approximate surface area is 75.9 Å². The third kappa shape index (κ3) is 3.11. The van der Waals surface area contributed by atoms with Crippen molar-refractivity contribution in [1.29, 1.82) is 0 Å². The molecular formula is C10H22N2. The highest BCUT2D eigenvalue weighted by molar-refractivity contribution is 4.82. The first-order valence-corrected chi connectivity index (χ1v) is 5.09. The SMILES string of the molecule is CC(N)CNCC1(C)CCCC1. The molecule has 0 aromatic rings. The second kappa shape index (κ2) is 4.24. The van der Waals surface area contributed by atoms with Crippen LogP contribution in [-0.4, -0.2) is 19.1 Å². The lowest BCUT2D eigenvalue weighted by Crippen LogP contribution is -2.37. The molecule has 2 heteroatoms. The first-order valence-electron chi connectivity index (χ1n) is 5.09. The fraction of sp³-hybridized carbons (Fsp3) is 1.00. The summed E-state index contributed by atoms with van der Waals surface area (Å²) in [6, 6.07) is 0.287. The summed E-state index contributed by atoms with van der Waals surface area (Å²) in [6.45, 7) is 6.53. The van der Waals surface area contributed by atoms with Gasteiger partial charge in [-0.3, -0.25) is 0 Å². The van der Waals surface area contributed by atoms with E-state index < -0.39 is 0 Å². The third-order valence-electron chi connectivity index (χ3n) is 2.83. The molecular weight excluding hydrogens is 148 g/mol. The van der Waals surface area contributed by atoms with Gasteiger partial charge in [0.25, 0.3) is 0 Å². The van der Waals surface area contributed by atoms with Crippen molar-refractivity contribution in [3.63, 3.8) is 0 Å². The van der Waals surface area contributed by atoms with Gasteiger partial charge in [0.2, 0.25) is 0 Å². The minimum Gasteiger partial charge on any atom is -0.327 e. The van der Waals surface area contributed by atoms with E-state index in [4.69, 9.17) is 5.73 Å². The minimum atomic E-state index is 0.287. The topological polar surface area (TPSA) is 38.0 Å². The zero-order valence-corrected chi connectivity index (χ0v) is 8.40. The summed E-state index contributed by atoms with van der Waals surface area (Å²) in [5.41, 5.74) is 6.22. The molecule has 1 rings (SSSR count). The molecule has 0 aliphatic heterocycles. The molecule has 1 atom stereocenters. The van der Waals surface area contributed by atoms with E-state index in [1.54, 1.807) is 0 Å². The lowest BCUT2D eigenvalue weighted by molar-refractivity contribution is 0.313. The van der Waals surface area contributed by atoms with Crippen LogP contribution in [0.4, 0.5) is 0 Å². The van der Waals surface area contributed by atoms with Crippen molar-refractivity contribution >= 4 is 0 Å². The van der Waals surface area contributed by atoms with Gasteiger partial charge in [-0.1, -0.05) is 19.8 Å². The maximum atomic E-state index is 5.66. The highest BCUT2D eigenvalue weighted by atomic mass is 14.9. The van der Waals surface area contributed by atoms with Crippen molar-refractivity contribution in [2.24, 2.45) is 11.1 Å². The van der Waals surface area contributed by atoms with E-state index in [9.17, 15) is 0 Å². The Hall–Kier alpha value is -0.0800. The van der Waals surface area contributed by atoms with Crippen molar-refractivity contribution in [2.75, 3.05) is 13.1 Å². The largest absolute Gasteiger partial charge is 0.327 e. The molecule has 1 aliphatic rings. The van der Waals surface area contributed by atoms with Gasteiger partial charge in [0.1, 0.15) is 0 Å². The van der Waals surface area contributed by atoms with E-state index in [0.29, 0.717) is 5.41 Å². The number of nitrogens with two attached hydrogens (primary N) is 1. The molecule has 2 nitrogen and oxygen atoms in total. The molecule has 0 amide bonds. The van der Waals surface area contributed by atoms with Crippen molar-refractivity contribution < 1.29 is 0 Å². The van der Waals surface area contributed by atoms with Crippen molar-refractivity contribution in [1.82, 2.24) is 5.32 Å². The summed E-state index contributed by atoms with van der Waals surface area (Å²) >= 11 is 0. The van der Waals surface area contributed by atoms with E-state index >= 15 is 0 Å². The first-order chi connectivity index (χ1) is 5.62. The average molecular weight is 170 g/mol. The van der Waals surface area contributed by atoms with Gasteiger partial charge >= 0.3 is 0 Å². The van der Waals surface area contributed by atoms with Crippen LogP contribution in [0, 0.1) is 5.41 Å². The molecule has 12 heavy (non-hydrogen) atoms. The number of hydrogen-bond donors (Lipinski definition) is 2. The van der Waals surface area contributed by atoms with Crippen LogP contribution in [0.1, 0.15) is 39.5 Å². The van der Waals surface area contributed by atoms with Gasteiger partial charge in [-0.05, 0) is 25.2 Å². The fourth-order valence-electron chi connectivity index (χ4n) is 2.01. The van der Waals surface area contributed by atoms with Crippen LogP contribution in [0.25, 0.3) is 0 Å². The summed E-state index contributed by atoms with van der Waals surface area (Å²) < 4.78 is 0. The molecule has 1 saturated carbocycles. The summed E-state index contributed by atoms with van der Waals surface area (Å²) in [6.07, 6.45) is 5.60. The molecule has 0 bridgehead atoms. The zero-order chi connectivity index (χ0) is 9.03. The fourth-order valence-corrected chi connectivity index (χ4v) is 2.01. The molecule has 1 aliphatic carbocycles. The summed E-state index contributed by atoms with van der Waals surface area (Å²) in [5, 5.41) is 3.44. The molecule has 1 fully saturated rings. The monoisotopic (exact) mass is 170 g/mol. The molecule has 1 unspecified atom stereocenters. The smallest absolute Gasteiger partial charge is 0.0136 e. The quantitative estimate of drug-likeness (QED) is 0.671. The van der Waals surface area contributed by atoms with Gasteiger partial charge in [0, 0.05) is 19.1 Å². The molecule has 0 heterocycles. The van der Waals surface area contributed by atoms with Gasteiger partial charge < -0.3 is 11.1 Å². The molecule has 0 aromatic carbocycles. The normalized spacial score (nSPS) is 24.2. The summed E-state index contributed by atoms with van der Waals surface area (Å²) in [4.78, 5) is 0. The van der Waals surface area contributed by atoms with E-state index in [0.717, 1.165) is 13.1 Å². The van der Waals surface area contributed by atoms with Crippen LogP contribution in [0.2, 0.25) is 0 Å². The van der Waals surface area contributed by atoms with Crippen LogP contribution in [-0.2, 0) is 0 Å². The van der Waals surface area contributed by atoms with Gasteiger partial charge in [-0.15, -0.1) is 0 Å². The summed E-state index contributed by atoms with van der Waals surface area (Å²) in [7, 11) is 0. The Bertz CT molecular complexity index is 126. The van der Waals surface area contributed by atoms with E-state index in [1.807, 2.05) is 6.92 Å². The lowest BCUT2D eigenvalue weighted by Gasteiger charge is -2.24. The van der Waals surface area contributed by atoms with Crippen LogP contribution in [0.3, 0.4) is 0 Å². The van der Waals surface area contributed by atoms with Gasteiger partial charge in [-0.2, -0.15) is 0 Å². The summed E-state index contributed by atoms with van der Waals surface area (Å²) in [5.74, 6) is 0. The Morgan fingerprint density at radius 2 is 2.00 bits per heavy atom. The molecule has 0 saturated heterocycles. The van der Waals surface area contributed by atoms with Gasteiger partial charge in [-0.25, -0.2) is 0 Å². The van der Waals surface area contributed by atoms with Crippen molar-refractivity contribution in [2.45, 2.75) is 45.6 Å². The number of rotatable bonds is 4. The predicted molar refractivity (Wildman–Crippen MR) is 53.1 cm³/mol. The predicted octanol–water partition coefficient (Wildman–Crippen LogP) is 1.50. The maximum absolute atomic E-state index is 5.66. The van der Waals surface area contributed by atoms with Crippen LogP contribution in [0.5, 0.6) is 0 Å². The van der Waals surface area contributed by atoms with Gasteiger partial charge in [0.05, 0.1) is 0 Å². The standard InChI is InChI=1S/C10H22N2/c1-9(11)7-12-8-10(2)5-3-4-6-10/h9,12H,3-8,11H2,1-2H3. The van der Waals surface area contributed by atoms with E-state index in [1.165, 1.54) is 25.7 Å². The van der Waals surface area contributed by atoms with E-state index in [-0.39, 0.29) is 6.04 Å². The third-order valence-corrected chi connectivity index (χ3v) is 2.83. The highest BCUT2D eigenvalue weighted by Crippen LogP contribution is 2.36. The molecule has 0 spiro atoms. The van der Waals surface area contributed by atoms with Crippen molar-refractivity contribution in [3.8, 4) is 0 Å². The van der Waals surface area contributed by atoms with E-state index in [2.05, 4.69) is 12.2 Å². The van der Waals surface area contributed by atoms with Gasteiger partial charge in [0.15, 0.2) is 0 Å².